The molecule has 2 amide bonds. The molecule has 29 heavy (non-hydrogen) atoms. The largest absolute Gasteiger partial charge is 0.482 e. The van der Waals surface area contributed by atoms with Gasteiger partial charge in [0, 0.05) is 15.8 Å². The van der Waals surface area contributed by atoms with Crippen molar-refractivity contribution in [1.82, 2.24) is 0 Å². The van der Waals surface area contributed by atoms with Crippen LogP contribution in [0, 0.1) is 6.92 Å². The molecular formula is C21H18BrClN2O3S. The summed E-state index contributed by atoms with van der Waals surface area (Å²) in [4.78, 5) is 25.3. The van der Waals surface area contributed by atoms with Crippen LogP contribution in [-0.4, -0.2) is 18.4 Å². The predicted molar refractivity (Wildman–Crippen MR) is 120 cm³/mol. The zero-order valence-corrected chi connectivity index (χ0v) is 18.7. The summed E-state index contributed by atoms with van der Waals surface area (Å²) < 4.78 is 6.29. The van der Waals surface area contributed by atoms with Gasteiger partial charge in [0.15, 0.2) is 6.61 Å². The number of nitrogens with two attached hydrogens (primary N) is 1. The van der Waals surface area contributed by atoms with E-state index in [0.717, 1.165) is 20.5 Å². The average molecular weight is 494 g/mol. The molecule has 1 heterocycles. The molecule has 0 unspecified atom stereocenters. The predicted octanol–water partition coefficient (Wildman–Crippen LogP) is 5.18. The Kier molecular flexibility index (Phi) is 6.95. The number of thiophene rings is 1. The van der Waals surface area contributed by atoms with Gasteiger partial charge in [-0.05, 0) is 36.2 Å². The number of carbonyl (C=O) groups excluding carboxylic acids is 2. The lowest BCUT2D eigenvalue weighted by Gasteiger charge is -2.09. The fourth-order valence-electron chi connectivity index (χ4n) is 2.79. The van der Waals surface area contributed by atoms with Crippen molar-refractivity contribution in [3.05, 3.63) is 79.6 Å². The lowest BCUT2D eigenvalue weighted by molar-refractivity contribution is -0.118. The zero-order valence-electron chi connectivity index (χ0n) is 15.5. The highest BCUT2D eigenvalue weighted by molar-refractivity contribution is 9.10. The monoisotopic (exact) mass is 492 g/mol. The minimum Gasteiger partial charge on any atom is -0.482 e. The van der Waals surface area contributed by atoms with Crippen molar-refractivity contribution < 1.29 is 14.3 Å². The van der Waals surface area contributed by atoms with Gasteiger partial charge < -0.3 is 15.8 Å². The van der Waals surface area contributed by atoms with Crippen LogP contribution in [0.2, 0.25) is 5.02 Å². The second-order valence-corrected chi connectivity index (χ2v) is 8.72. The number of halogens is 2. The molecule has 0 radical (unpaired) electrons. The number of primary amides is 1. The van der Waals surface area contributed by atoms with Crippen molar-refractivity contribution >= 4 is 55.7 Å². The number of amides is 2. The third-order valence-electron chi connectivity index (χ3n) is 4.21. The molecule has 0 spiro atoms. The molecule has 150 valence electrons. The summed E-state index contributed by atoms with van der Waals surface area (Å²) in [6.07, 6.45) is 0.651. The Morgan fingerprint density at radius 3 is 2.59 bits per heavy atom. The van der Waals surface area contributed by atoms with Gasteiger partial charge in [-0.25, -0.2) is 0 Å². The molecule has 0 atom stereocenters. The van der Waals surface area contributed by atoms with Crippen LogP contribution in [0.5, 0.6) is 5.75 Å². The van der Waals surface area contributed by atoms with Crippen molar-refractivity contribution in [2.75, 3.05) is 11.9 Å². The number of nitrogens with one attached hydrogen (secondary N) is 1. The molecule has 1 aromatic heterocycles. The zero-order chi connectivity index (χ0) is 21.0. The van der Waals surface area contributed by atoms with Crippen molar-refractivity contribution in [1.29, 1.82) is 0 Å². The molecule has 0 fully saturated rings. The second-order valence-electron chi connectivity index (χ2n) is 6.29. The Morgan fingerprint density at radius 2 is 1.93 bits per heavy atom. The van der Waals surface area contributed by atoms with E-state index in [1.807, 2.05) is 37.3 Å². The van der Waals surface area contributed by atoms with E-state index in [-0.39, 0.29) is 6.61 Å². The van der Waals surface area contributed by atoms with E-state index in [1.54, 1.807) is 18.2 Å². The van der Waals surface area contributed by atoms with E-state index >= 15 is 0 Å². The Labute approximate surface area is 186 Å². The standard InChI is InChI=1S/C21H18BrClN2O3S/c1-12-17(9-13-5-3-2-4-6-13)29-21(19(12)20(24)27)25-18(26)11-28-16-8-7-14(22)10-15(16)23/h2-8,10H,9,11H2,1H3,(H2,24,27)(H,25,26). The summed E-state index contributed by atoms with van der Waals surface area (Å²) in [7, 11) is 0. The highest BCUT2D eigenvalue weighted by Gasteiger charge is 2.21. The summed E-state index contributed by atoms with van der Waals surface area (Å²) in [5.41, 5.74) is 7.78. The topological polar surface area (TPSA) is 81.4 Å². The van der Waals surface area contributed by atoms with Gasteiger partial charge in [0.2, 0.25) is 0 Å². The maximum absolute atomic E-state index is 12.4. The van der Waals surface area contributed by atoms with E-state index in [0.29, 0.717) is 27.8 Å². The Hall–Kier alpha value is -2.35. The summed E-state index contributed by atoms with van der Waals surface area (Å²) in [5, 5.41) is 3.56. The molecule has 3 aromatic rings. The van der Waals surface area contributed by atoms with Crippen molar-refractivity contribution in [2.24, 2.45) is 5.73 Å². The molecule has 0 saturated heterocycles. The normalized spacial score (nSPS) is 10.6. The van der Waals surface area contributed by atoms with Crippen molar-refractivity contribution in [3.8, 4) is 5.75 Å². The summed E-state index contributed by atoms with van der Waals surface area (Å²) in [6.45, 7) is 1.59. The van der Waals surface area contributed by atoms with Crippen LogP contribution in [0.25, 0.3) is 0 Å². The van der Waals surface area contributed by atoms with Gasteiger partial charge >= 0.3 is 0 Å². The minimum atomic E-state index is -0.578. The highest BCUT2D eigenvalue weighted by atomic mass is 79.9. The van der Waals surface area contributed by atoms with Gasteiger partial charge in [0.1, 0.15) is 10.8 Å². The smallest absolute Gasteiger partial charge is 0.262 e. The average Bonchev–Trinajstić information content (AvgIpc) is 2.97. The fraction of sp³-hybridized carbons (Fsp3) is 0.143. The van der Waals surface area contributed by atoms with Gasteiger partial charge in [0.05, 0.1) is 10.6 Å². The van der Waals surface area contributed by atoms with E-state index in [9.17, 15) is 9.59 Å². The van der Waals surface area contributed by atoms with Crippen LogP contribution in [-0.2, 0) is 11.2 Å². The number of anilines is 1. The minimum absolute atomic E-state index is 0.246. The van der Waals surface area contributed by atoms with Crippen LogP contribution in [0.1, 0.15) is 26.4 Å². The van der Waals surface area contributed by atoms with Gasteiger partial charge in [-0.3, -0.25) is 9.59 Å². The van der Waals surface area contributed by atoms with E-state index in [4.69, 9.17) is 22.1 Å². The van der Waals surface area contributed by atoms with Crippen LogP contribution in [0.15, 0.2) is 53.0 Å². The summed E-state index contributed by atoms with van der Waals surface area (Å²) in [6, 6.07) is 15.0. The van der Waals surface area contributed by atoms with E-state index in [2.05, 4.69) is 21.2 Å². The molecule has 0 aliphatic heterocycles. The van der Waals surface area contributed by atoms with E-state index < -0.39 is 11.8 Å². The summed E-state index contributed by atoms with van der Waals surface area (Å²) in [5.74, 6) is -0.587. The third-order valence-corrected chi connectivity index (χ3v) is 6.20. The summed E-state index contributed by atoms with van der Waals surface area (Å²) >= 11 is 10.8. The lowest BCUT2D eigenvalue weighted by atomic mass is 10.1. The third kappa shape index (κ3) is 5.38. The molecule has 0 aliphatic carbocycles. The van der Waals surface area contributed by atoms with Crippen LogP contribution in [0.3, 0.4) is 0 Å². The highest BCUT2D eigenvalue weighted by Crippen LogP contribution is 2.34. The second kappa shape index (κ2) is 9.43. The molecular weight excluding hydrogens is 476 g/mol. The first-order chi connectivity index (χ1) is 13.8. The number of hydrogen-bond donors (Lipinski definition) is 2. The Bertz CT molecular complexity index is 1050. The molecule has 5 nitrogen and oxygen atoms in total. The molecule has 8 heteroatoms. The molecule has 0 saturated carbocycles. The molecule has 3 N–H and O–H groups in total. The Balaban J connectivity index is 1.74. The lowest BCUT2D eigenvalue weighted by Crippen LogP contribution is -2.22. The van der Waals surface area contributed by atoms with Crippen LogP contribution < -0.4 is 15.8 Å². The van der Waals surface area contributed by atoms with E-state index in [1.165, 1.54) is 11.3 Å². The Morgan fingerprint density at radius 1 is 1.21 bits per heavy atom. The number of rotatable bonds is 7. The maximum Gasteiger partial charge on any atom is 0.262 e. The SMILES string of the molecule is Cc1c(Cc2ccccc2)sc(NC(=O)COc2ccc(Br)cc2Cl)c1C(N)=O. The number of hydrogen-bond acceptors (Lipinski definition) is 4. The van der Waals surface area contributed by atoms with Crippen molar-refractivity contribution in [3.63, 3.8) is 0 Å². The molecule has 2 aromatic carbocycles. The van der Waals surface area contributed by atoms with Crippen LogP contribution in [0.4, 0.5) is 5.00 Å². The maximum atomic E-state index is 12.4. The molecule has 0 bridgehead atoms. The van der Waals surface area contributed by atoms with Gasteiger partial charge in [0.25, 0.3) is 11.8 Å². The first-order valence-electron chi connectivity index (χ1n) is 8.69. The van der Waals surface area contributed by atoms with Crippen LogP contribution >= 0.6 is 38.9 Å². The number of carbonyl (C=O) groups is 2. The molecule has 0 aliphatic rings. The quantitative estimate of drug-likeness (QED) is 0.476. The van der Waals surface area contributed by atoms with Crippen molar-refractivity contribution in [2.45, 2.75) is 13.3 Å². The first-order valence-corrected chi connectivity index (χ1v) is 10.7. The van der Waals surface area contributed by atoms with Gasteiger partial charge in [-0.1, -0.05) is 57.9 Å². The van der Waals surface area contributed by atoms with Gasteiger partial charge in [-0.2, -0.15) is 0 Å². The number of ether oxygens (including phenoxy) is 1. The number of benzene rings is 2. The van der Waals surface area contributed by atoms with Gasteiger partial charge in [-0.15, -0.1) is 11.3 Å². The fourth-order valence-corrected chi connectivity index (χ4v) is 4.78. The first kappa shape index (κ1) is 21.4. The molecule has 3 rings (SSSR count).